The van der Waals surface area contributed by atoms with Gasteiger partial charge in [0.2, 0.25) is 0 Å². The number of aryl methyl sites for hydroxylation is 1. The highest BCUT2D eigenvalue weighted by Gasteiger charge is 2.23. The Morgan fingerprint density at radius 2 is 2.19 bits per heavy atom. The van der Waals surface area contributed by atoms with Crippen molar-refractivity contribution >= 4 is 0 Å². The maximum atomic E-state index is 4.51. The smallest absolute Gasteiger partial charge is 0.122 e. The zero-order valence-electron chi connectivity index (χ0n) is 13.1. The van der Waals surface area contributed by atoms with Gasteiger partial charge in [0.05, 0.1) is 12.7 Å². The molecule has 1 unspecified atom stereocenters. The zero-order valence-corrected chi connectivity index (χ0v) is 13.1. The Kier molecular flexibility index (Phi) is 4.07. The summed E-state index contributed by atoms with van der Waals surface area (Å²) in [6, 6.07) is 0. The van der Waals surface area contributed by atoms with E-state index >= 15 is 0 Å². The molecule has 6 nitrogen and oxygen atoms in total. The van der Waals surface area contributed by atoms with Crippen LogP contribution in [0.3, 0.4) is 0 Å². The first-order chi connectivity index (χ1) is 10.1. The molecule has 0 radical (unpaired) electrons. The van der Waals surface area contributed by atoms with Gasteiger partial charge in [0.25, 0.3) is 0 Å². The molecule has 0 fully saturated rings. The number of rotatable bonds is 4. The second-order valence-corrected chi connectivity index (χ2v) is 6.32. The van der Waals surface area contributed by atoms with Crippen molar-refractivity contribution in [1.82, 2.24) is 29.1 Å². The average molecular weight is 288 g/mol. The van der Waals surface area contributed by atoms with Crippen LogP contribution in [0.25, 0.3) is 0 Å². The first kappa shape index (κ1) is 14.3. The fourth-order valence-electron chi connectivity index (χ4n) is 3.19. The van der Waals surface area contributed by atoms with E-state index in [4.69, 9.17) is 0 Å². The molecule has 21 heavy (non-hydrogen) atoms. The van der Waals surface area contributed by atoms with Crippen molar-refractivity contribution in [2.45, 2.75) is 19.6 Å². The molecule has 0 saturated carbocycles. The van der Waals surface area contributed by atoms with Crippen molar-refractivity contribution in [3.8, 4) is 0 Å². The first-order valence-electron chi connectivity index (χ1n) is 7.45. The van der Waals surface area contributed by atoms with Crippen molar-refractivity contribution in [3.63, 3.8) is 0 Å². The molecule has 1 atom stereocenters. The molecular formula is C15H24N6. The maximum Gasteiger partial charge on any atom is 0.122 e. The van der Waals surface area contributed by atoms with Crippen LogP contribution in [0.4, 0.5) is 0 Å². The van der Waals surface area contributed by atoms with Gasteiger partial charge in [-0.2, -0.15) is 5.10 Å². The van der Waals surface area contributed by atoms with Crippen LogP contribution in [0.2, 0.25) is 0 Å². The summed E-state index contributed by atoms with van der Waals surface area (Å²) in [5.74, 6) is 1.78. The lowest BCUT2D eigenvalue weighted by Gasteiger charge is -2.25. The van der Waals surface area contributed by atoms with Crippen LogP contribution in [-0.4, -0.2) is 56.3 Å². The number of imidazole rings is 1. The maximum absolute atomic E-state index is 4.51. The molecule has 114 valence electrons. The monoisotopic (exact) mass is 288 g/mol. The molecule has 0 aliphatic carbocycles. The summed E-state index contributed by atoms with van der Waals surface area (Å²) in [5, 5.41) is 4.27. The third-order valence-corrected chi connectivity index (χ3v) is 3.93. The van der Waals surface area contributed by atoms with Crippen molar-refractivity contribution in [2.75, 3.05) is 27.2 Å². The highest BCUT2D eigenvalue weighted by atomic mass is 15.3. The number of hydrogen-bond acceptors (Lipinski definition) is 4. The summed E-state index contributed by atoms with van der Waals surface area (Å²) in [7, 11) is 6.25. The molecule has 3 rings (SSSR count). The average Bonchev–Trinajstić information content (AvgIpc) is 2.95. The Labute approximate surface area is 126 Å². The molecule has 0 saturated heterocycles. The molecule has 0 spiro atoms. The number of hydrogen-bond donors (Lipinski definition) is 0. The predicted molar refractivity (Wildman–Crippen MR) is 81.6 cm³/mol. The minimum atomic E-state index is 0.618. The van der Waals surface area contributed by atoms with Gasteiger partial charge in [0.15, 0.2) is 0 Å². The third kappa shape index (κ3) is 3.51. The van der Waals surface area contributed by atoms with E-state index in [1.165, 1.54) is 11.4 Å². The minimum Gasteiger partial charge on any atom is -0.333 e. The number of aromatic nitrogens is 4. The molecule has 6 heteroatoms. The van der Waals surface area contributed by atoms with Gasteiger partial charge in [0.1, 0.15) is 5.82 Å². The zero-order chi connectivity index (χ0) is 14.8. The highest BCUT2D eigenvalue weighted by molar-refractivity contribution is 5.05. The van der Waals surface area contributed by atoms with E-state index in [9.17, 15) is 0 Å². The van der Waals surface area contributed by atoms with E-state index in [1.807, 2.05) is 24.1 Å². The molecule has 0 amide bonds. The fraction of sp³-hybridized carbons (Fsp3) is 0.600. The summed E-state index contributed by atoms with van der Waals surface area (Å²) in [5.41, 5.74) is 1.26. The van der Waals surface area contributed by atoms with Crippen LogP contribution in [0.15, 0.2) is 24.8 Å². The molecule has 0 bridgehead atoms. The van der Waals surface area contributed by atoms with Gasteiger partial charge in [0, 0.05) is 63.3 Å². The second-order valence-electron chi connectivity index (χ2n) is 6.32. The first-order valence-corrected chi connectivity index (χ1v) is 7.45. The third-order valence-electron chi connectivity index (χ3n) is 3.93. The van der Waals surface area contributed by atoms with E-state index in [2.05, 4.69) is 50.9 Å². The van der Waals surface area contributed by atoms with Gasteiger partial charge in [-0.05, 0) is 14.1 Å². The van der Waals surface area contributed by atoms with Gasteiger partial charge < -0.3 is 9.47 Å². The molecule has 0 aromatic carbocycles. The fourth-order valence-corrected chi connectivity index (χ4v) is 3.19. The summed E-state index contributed by atoms with van der Waals surface area (Å²) < 4.78 is 4.17. The Hall–Kier alpha value is -1.66. The molecule has 3 heterocycles. The van der Waals surface area contributed by atoms with E-state index in [1.54, 1.807) is 0 Å². The largest absolute Gasteiger partial charge is 0.333 e. The van der Waals surface area contributed by atoms with Crippen LogP contribution in [0.1, 0.15) is 11.4 Å². The Morgan fingerprint density at radius 3 is 2.90 bits per heavy atom. The standard InChI is InChI=1S/C15H24N6/c1-18(2)7-14-10-20(9-13-6-17-19(3)8-13)12-15-16-4-5-21(15)11-14/h4-6,8,14H,7,9-12H2,1-3H3. The second kappa shape index (κ2) is 5.99. The molecule has 0 N–H and O–H groups in total. The van der Waals surface area contributed by atoms with Crippen molar-refractivity contribution in [2.24, 2.45) is 13.0 Å². The lowest BCUT2D eigenvalue weighted by Crippen LogP contribution is -2.33. The van der Waals surface area contributed by atoms with E-state index in [-0.39, 0.29) is 0 Å². The SMILES string of the molecule is CN(C)CC1CN(Cc2cnn(C)c2)Cc2nccn2C1. The van der Waals surface area contributed by atoms with Gasteiger partial charge in [-0.3, -0.25) is 9.58 Å². The Morgan fingerprint density at radius 1 is 1.33 bits per heavy atom. The summed E-state index contributed by atoms with van der Waals surface area (Å²) in [4.78, 5) is 9.27. The Balaban J connectivity index is 1.76. The highest BCUT2D eigenvalue weighted by Crippen LogP contribution is 2.18. The van der Waals surface area contributed by atoms with Crippen molar-refractivity contribution < 1.29 is 0 Å². The summed E-state index contributed by atoms with van der Waals surface area (Å²) in [6.07, 6.45) is 8.07. The molecule has 1 aliphatic rings. The van der Waals surface area contributed by atoms with Crippen LogP contribution >= 0.6 is 0 Å². The van der Waals surface area contributed by atoms with Crippen LogP contribution in [-0.2, 0) is 26.7 Å². The van der Waals surface area contributed by atoms with Gasteiger partial charge in [-0.25, -0.2) is 4.98 Å². The van der Waals surface area contributed by atoms with E-state index in [0.717, 1.165) is 32.7 Å². The topological polar surface area (TPSA) is 42.1 Å². The van der Waals surface area contributed by atoms with Crippen molar-refractivity contribution in [3.05, 3.63) is 36.2 Å². The predicted octanol–water partition coefficient (Wildman–Crippen LogP) is 0.810. The van der Waals surface area contributed by atoms with E-state index < -0.39 is 0 Å². The summed E-state index contributed by atoms with van der Waals surface area (Å²) in [6.45, 7) is 5.09. The molecule has 2 aromatic heterocycles. The number of fused-ring (bicyclic) bond motifs is 1. The lowest BCUT2D eigenvalue weighted by molar-refractivity contribution is 0.194. The molecule has 1 aliphatic heterocycles. The van der Waals surface area contributed by atoms with Gasteiger partial charge in [-0.1, -0.05) is 0 Å². The molecule has 2 aromatic rings. The minimum absolute atomic E-state index is 0.618. The number of nitrogens with zero attached hydrogens (tertiary/aromatic N) is 6. The quantitative estimate of drug-likeness (QED) is 0.835. The normalized spacial score (nSPS) is 19.7. The van der Waals surface area contributed by atoms with Gasteiger partial charge in [-0.15, -0.1) is 0 Å². The van der Waals surface area contributed by atoms with Crippen LogP contribution in [0, 0.1) is 5.92 Å². The lowest BCUT2D eigenvalue weighted by atomic mass is 10.1. The van der Waals surface area contributed by atoms with Crippen LogP contribution in [0.5, 0.6) is 0 Å². The van der Waals surface area contributed by atoms with Gasteiger partial charge >= 0.3 is 0 Å². The van der Waals surface area contributed by atoms with Crippen molar-refractivity contribution in [1.29, 1.82) is 0 Å². The Bertz CT molecular complexity index is 585. The van der Waals surface area contributed by atoms with E-state index in [0.29, 0.717) is 5.92 Å². The van der Waals surface area contributed by atoms with Crippen LogP contribution < -0.4 is 0 Å². The molecular weight excluding hydrogens is 264 g/mol. The summed E-state index contributed by atoms with van der Waals surface area (Å²) >= 11 is 0.